The van der Waals surface area contributed by atoms with Crippen molar-refractivity contribution in [2.24, 2.45) is 0 Å². The van der Waals surface area contributed by atoms with Crippen LogP contribution in [0.5, 0.6) is 0 Å². The summed E-state index contributed by atoms with van der Waals surface area (Å²) in [6.45, 7) is 4.43. The quantitative estimate of drug-likeness (QED) is 0.709. The Hall–Kier alpha value is -1.59. The monoisotopic (exact) mass is 297 g/mol. The molecule has 0 aliphatic heterocycles. The molecule has 0 fully saturated rings. The molecule has 0 bridgehead atoms. The summed E-state index contributed by atoms with van der Waals surface area (Å²) in [5.74, 6) is -0.421. The fourth-order valence-corrected chi connectivity index (χ4v) is 1.98. The lowest BCUT2D eigenvalue weighted by Crippen LogP contribution is -2.41. The number of nitrogens with one attached hydrogen (secondary N) is 3. The summed E-state index contributed by atoms with van der Waals surface area (Å²) in [5.41, 5.74) is 0.936. The molecule has 2 amide bonds. The first-order valence-corrected chi connectivity index (χ1v) is 6.93. The highest BCUT2D eigenvalue weighted by Crippen LogP contribution is 2.21. The first-order valence-electron chi connectivity index (χ1n) is 6.55. The van der Waals surface area contributed by atoms with Crippen LogP contribution < -0.4 is 16.0 Å². The van der Waals surface area contributed by atoms with Gasteiger partial charge >= 0.3 is 0 Å². The molecule has 0 aliphatic rings. The number of benzene rings is 1. The smallest absolute Gasteiger partial charge is 0.239 e. The summed E-state index contributed by atoms with van der Waals surface area (Å²) < 4.78 is 0. The molecule has 110 valence electrons. The lowest BCUT2D eigenvalue weighted by molar-refractivity contribution is -0.125. The Labute approximate surface area is 124 Å². The van der Waals surface area contributed by atoms with E-state index in [1.54, 1.807) is 0 Å². The first-order chi connectivity index (χ1) is 9.54. The van der Waals surface area contributed by atoms with E-state index in [-0.39, 0.29) is 30.9 Å². The molecule has 0 heterocycles. The lowest BCUT2D eigenvalue weighted by atomic mass is 10.1. The maximum Gasteiger partial charge on any atom is 0.239 e. The SMILES string of the molecule is CCNC(=O)CNC(=O)CN[C@@H](C)c1ccccc1Cl. The molecule has 5 nitrogen and oxygen atoms in total. The van der Waals surface area contributed by atoms with Crippen molar-refractivity contribution in [3.05, 3.63) is 34.9 Å². The van der Waals surface area contributed by atoms with Gasteiger partial charge in [0.05, 0.1) is 13.1 Å². The predicted molar refractivity (Wildman–Crippen MR) is 79.6 cm³/mol. The average Bonchev–Trinajstić information content (AvgIpc) is 2.43. The Morgan fingerprint density at radius 1 is 1.15 bits per heavy atom. The minimum Gasteiger partial charge on any atom is -0.355 e. The normalized spacial score (nSPS) is 11.8. The van der Waals surface area contributed by atoms with E-state index in [9.17, 15) is 9.59 Å². The maximum atomic E-state index is 11.6. The van der Waals surface area contributed by atoms with Crippen LogP contribution in [0.3, 0.4) is 0 Å². The zero-order chi connectivity index (χ0) is 15.0. The molecule has 1 aromatic carbocycles. The van der Waals surface area contributed by atoms with Crippen molar-refractivity contribution < 1.29 is 9.59 Å². The Bertz CT molecular complexity index is 465. The van der Waals surface area contributed by atoms with Crippen LogP contribution in [-0.2, 0) is 9.59 Å². The molecule has 3 N–H and O–H groups in total. The molecule has 0 saturated heterocycles. The molecule has 1 atom stereocenters. The zero-order valence-corrected chi connectivity index (χ0v) is 12.5. The van der Waals surface area contributed by atoms with E-state index in [1.807, 2.05) is 38.1 Å². The fraction of sp³-hybridized carbons (Fsp3) is 0.429. The van der Waals surface area contributed by atoms with E-state index < -0.39 is 0 Å². The van der Waals surface area contributed by atoms with Crippen molar-refractivity contribution >= 4 is 23.4 Å². The van der Waals surface area contributed by atoms with E-state index in [4.69, 9.17) is 11.6 Å². The van der Waals surface area contributed by atoms with Gasteiger partial charge < -0.3 is 16.0 Å². The van der Waals surface area contributed by atoms with Crippen molar-refractivity contribution in [2.45, 2.75) is 19.9 Å². The minimum absolute atomic E-state index is 0.00513. The van der Waals surface area contributed by atoms with E-state index in [2.05, 4.69) is 16.0 Å². The molecule has 0 radical (unpaired) electrons. The number of hydrogen-bond acceptors (Lipinski definition) is 3. The van der Waals surface area contributed by atoms with Crippen molar-refractivity contribution in [2.75, 3.05) is 19.6 Å². The van der Waals surface area contributed by atoms with Crippen LogP contribution in [0.2, 0.25) is 5.02 Å². The third-order valence-corrected chi connectivity index (χ3v) is 3.10. The van der Waals surface area contributed by atoms with Gasteiger partial charge in [-0.15, -0.1) is 0 Å². The predicted octanol–water partition coefficient (Wildman–Crippen LogP) is 1.24. The van der Waals surface area contributed by atoms with Crippen LogP contribution in [0.25, 0.3) is 0 Å². The standard InChI is InChI=1S/C14H20ClN3O2/c1-3-16-13(19)9-18-14(20)8-17-10(2)11-6-4-5-7-12(11)15/h4-7,10,17H,3,8-9H2,1-2H3,(H,16,19)(H,18,20)/t10-/m0/s1. The van der Waals surface area contributed by atoms with Crippen molar-refractivity contribution in [3.8, 4) is 0 Å². The number of carbonyl (C=O) groups excluding carboxylic acids is 2. The second-order valence-electron chi connectivity index (χ2n) is 4.35. The summed E-state index contributed by atoms with van der Waals surface area (Å²) in [6.07, 6.45) is 0. The van der Waals surface area contributed by atoms with Gasteiger partial charge in [0, 0.05) is 17.6 Å². The number of amides is 2. The largest absolute Gasteiger partial charge is 0.355 e. The van der Waals surface area contributed by atoms with Gasteiger partial charge in [0.2, 0.25) is 11.8 Å². The van der Waals surface area contributed by atoms with E-state index in [0.717, 1.165) is 5.56 Å². The summed E-state index contributed by atoms with van der Waals surface area (Å²) in [5, 5.41) is 8.88. The summed E-state index contributed by atoms with van der Waals surface area (Å²) in [7, 11) is 0. The molecule has 20 heavy (non-hydrogen) atoms. The Balaban J connectivity index is 2.34. The number of carbonyl (C=O) groups is 2. The van der Waals surface area contributed by atoms with Gasteiger partial charge in [-0.2, -0.15) is 0 Å². The van der Waals surface area contributed by atoms with Crippen LogP contribution in [-0.4, -0.2) is 31.4 Å². The molecule has 0 unspecified atom stereocenters. The van der Waals surface area contributed by atoms with Gasteiger partial charge in [-0.3, -0.25) is 9.59 Å². The van der Waals surface area contributed by atoms with Crippen LogP contribution in [0.15, 0.2) is 24.3 Å². The van der Waals surface area contributed by atoms with Crippen molar-refractivity contribution in [1.82, 2.24) is 16.0 Å². The number of halogens is 1. The average molecular weight is 298 g/mol. The highest BCUT2D eigenvalue weighted by Gasteiger charge is 2.10. The Kier molecular flexibility index (Phi) is 7.04. The minimum atomic E-state index is -0.227. The fourth-order valence-electron chi connectivity index (χ4n) is 1.68. The number of hydrogen-bond donors (Lipinski definition) is 3. The summed E-state index contributed by atoms with van der Waals surface area (Å²) >= 11 is 6.08. The van der Waals surface area contributed by atoms with E-state index in [1.165, 1.54) is 0 Å². The number of rotatable bonds is 7. The summed E-state index contributed by atoms with van der Waals surface area (Å²) in [4.78, 5) is 22.8. The highest BCUT2D eigenvalue weighted by atomic mass is 35.5. The Morgan fingerprint density at radius 3 is 2.45 bits per heavy atom. The van der Waals surface area contributed by atoms with Gasteiger partial charge in [-0.05, 0) is 25.5 Å². The summed E-state index contributed by atoms with van der Waals surface area (Å²) in [6, 6.07) is 7.43. The molecule has 0 saturated carbocycles. The molecule has 0 spiro atoms. The maximum absolute atomic E-state index is 11.6. The Morgan fingerprint density at radius 2 is 1.80 bits per heavy atom. The second kappa shape index (κ2) is 8.55. The zero-order valence-electron chi connectivity index (χ0n) is 11.7. The van der Waals surface area contributed by atoms with Gasteiger partial charge in [0.1, 0.15) is 0 Å². The van der Waals surface area contributed by atoms with Crippen LogP contribution in [0.1, 0.15) is 25.5 Å². The molecule has 1 rings (SSSR count). The molecular formula is C14H20ClN3O2. The van der Waals surface area contributed by atoms with Crippen LogP contribution >= 0.6 is 11.6 Å². The van der Waals surface area contributed by atoms with Gasteiger partial charge in [0.15, 0.2) is 0 Å². The van der Waals surface area contributed by atoms with Gasteiger partial charge in [0.25, 0.3) is 0 Å². The first kappa shape index (κ1) is 16.5. The highest BCUT2D eigenvalue weighted by molar-refractivity contribution is 6.31. The number of likely N-dealkylation sites (N-methyl/N-ethyl adjacent to an activating group) is 1. The van der Waals surface area contributed by atoms with Crippen molar-refractivity contribution in [3.63, 3.8) is 0 Å². The topological polar surface area (TPSA) is 70.2 Å². The third-order valence-electron chi connectivity index (χ3n) is 2.76. The molecule has 0 aromatic heterocycles. The molecule has 0 aliphatic carbocycles. The second-order valence-corrected chi connectivity index (χ2v) is 4.76. The lowest BCUT2D eigenvalue weighted by Gasteiger charge is -2.15. The molecular weight excluding hydrogens is 278 g/mol. The third kappa shape index (κ3) is 5.59. The van der Waals surface area contributed by atoms with E-state index >= 15 is 0 Å². The van der Waals surface area contributed by atoms with Crippen molar-refractivity contribution in [1.29, 1.82) is 0 Å². The molecule has 1 aromatic rings. The van der Waals surface area contributed by atoms with Gasteiger partial charge in [-0.25, -0.2) is 0 Å². The van der Waals surface area contributed by atoms with Crippen LogP contribution in [0, 0.1) is 0 Å². The van der Waals surface area contributed by atoms with E-state index in [0.29, 0.717) is 11.6 Å². The van der Waals surface area contributed by atoms with Crippen LogP contribution in [0.4, 0.5) is 0 Å². The van der Waals surface area contributed by atoms with Gasteiger partial charge in [-0.1, -0.05) is 29.8 Å². The molecule has 6 heteroatoms.